The fraction of sp³-hybridized carbons (Fsp3) is 0. The molecule has 17 heavy (non-hydrogen) atoms. The van der Waals surface area contributed by atoms with Crippen molar-refractivity contribution in [2.24, 2.45) is 0 Å². The summed E-state index contributed by atoms with van der Waals surface area (Å²) in [6.45, 7) is 0. The summed E-state index contributed by atoms with van der Waals surface area (Å²) in [5, 5.41) is 2.45. The molecule has 1 aromatic heterocycles. The number of halogens is 3. The second-order valence-corrected chi connectivity index (χ2v) is 3.18. The van der Waals surface area contributed by atoms with Crippen molar-refractivity contribution in [3.63, 3.8) is 0 Å². The highest BCUT2D eigenvalue weighted by Crippen LogP contribution is 2.22. The van der Waals surface area contributed by atoms with E-state index in [0.29, 0.717) is 0 Å². The number of aromatic nitrogens is 2. The van der Waals surface area contributed by atoms with Crippen molar-refractivity contribution >= 4 is 17.3 Å². The molecule has 0 radical (unpaired) electrons. The van der Waals surface area contributed by atoms with E-state index in [0.717, 1.165) is 12.1 Å². The van der Waals surface area contributed by atoms with Crippen molar-refractivity contribution < 1.29 is 13.2 Å². The van der Waals surface area contributed by atoms with Crippen LogP contribution in [0.4, 0.5) is 30.5 Å². The number of nitrogens with two attached hydrogens (primary N) is 1. The van der Waals surface area contributed by atoms with Gasteiger partial charge in [-0.05, 0) is 12.1 Å². The number of nitrogens with one attached hydrogen (secondary N) is 1. The summed E-state index contributed by atoms with van der Waals surface area (Å²) in [6.07, 6.45) is 2.57. The highest BCUT2D eigenvalue weighted by atomic mass is 19.2. The van der Waals surface area contributed by atoms with Crippen LogP contribution in [0.1, 0.15) is 0 Å². The number of anilines is 3. The third-order valence-electron chi connectivity index (χ3n) is 1.95. The summed E-state index contributed by atoms with van der Waals surface area (Å²) < 4.78 is 38.9. The Labute approximate surface area is 94.3 Å². The van der Waals surface area contributed by atoms with Crippen LogP contribution in [0.2, 0.25) is 0 Å². The van der Waals surface area contributed by atoms with Crippen molar-refractivity contribution in [3.05, 3.63) is 42.0 Å². The van der Waals surface area contributed by atoms with Crippen molar-refractivity contribution in [1.82, 2.24) is 9.97 Å². The molecule has 0 amide bonds. The van der Waals surface area contributed by atoms with Gasteiger partial charge in [-0.25, -0.2) is 18.2 Å². The van der Waals surface area contributed by atoms with Gasteiger partial charge in [0, 0.05) is 0 Å². The lowest BCUT2D eigenvalue weighted by atomic mass is 10.3. The van der Waals surface area contributed by atoms with E-state index in [4.69, 9.17) is 5.73 Å². The summed E-state index contributed by atoms with van der Waals surface area (Å²) in [4.78, 5) is 7.49. The van der Waals surface area contributed by atoms with E-state index in [1.54, 1.807) is 0 Å². The summed E-state index contributed by atoms with van der Waals surface area (Å²) in [5.41, 5.74) is 5.12. The molecule has 0 aliphatic heterocycles. The molecule has 2 rings (SSSR count). The van der Waals surface area contributed by atoms with Crippen LogP contribution in [0.15, 0.2) is 24.5 Å². The zero-order valence-corrected chi connectivity index (χ0v) is 8.42. The van der Waals surface area contributed by atoms with E-state index in [1.807, 2.05) is 0 Å². The standard InChI is InChI=1S/C10H7F3N4/c11-5-1-2-6(10(13)9(5)12)16-8-4-15-3-7(14)17-8/h1-4H,(H3,14,16,17). The molecule has 88 valence electrons. The van der Waals surface area contributed by atoms with Crippen LogP contribution in [-0.2, 0) is 0 Å². The van der Waals surface area contributed by atoms with Gasteiger partial charge in [0.15, 0.2) is 23.3 Å². The topological polar surface area (TPSA) is 63.8 Å². The van der Waals surface area contributed by atoms with Gasteiger partial charge in [0.05, 0.1) is 18.1 Å². The molecule has 0 bridgehead atoms. The number of hydrogen-bond acceptors (Lipinski definition) is 4. The first-order valence-corrected chi connectivity index (χ1v) is 4.56. The molecular weight excluding hydrogens is 233 g/mol. The average molecular weight is 240 g/mol. The molecule has 0 saturated carbocycles. The number of benzene rings is 1. The molecule has 3 N–H and O–H groups in total. The molecule has 0 atom stereocenters. The Morgan fingerprint density at radius 1 is 1.06 bits per heavy atom. The molecule has 4 nitrogen and oxygen atoms in total. The molecule has 0 fully saturated rings. The fourth-order valence-corrected chi connectivity index (χ4v) is 1.20. The molecule has 0 aliphatic carbocycles. The SMILES string of the molecule is Nc1cncc(Nc2ccc(F)c(F)c2F)n1. The maximum Gasteiger partial charge on any atom is 0.196 e. The van der Waals surface area contributed by atoms with Gasteiger partial charge in [0.25, 0.3) is 0 Å². The zero-order chi connectivity index (χ0) is 12.4. The van der Waals surface area contributed by atoms with Gasteiger partial charge < -0.3 is 11.1 Å². The number of nitrogens with zero attached hydrogens (tertiary/aromatic N) is 2. The van der Waals surface area contributed by atoms with Crippen LogP contribution < -0.4 is 11.1 Å². The first kappa shape index (κ1) is 11.2. The van der Waals surface area contributed by atoms with Gasteiger partial charge in [-0.1, -0.05) is 0 Å². The summed E-state index contributed by atoms with van der Waals surface area (Å²) in [5.74, 6) is -3.87. The van der Waals surface area contributed by atoms with Crippen molar-refractivity contribution in [3.8, 4) is 0 Å². The molecular formula is C10H7F3N4. The monoisotopic (exact) mass is 240 g/mol. The highest BCUT2D eigenvalue weighted by molar-refractivity contribution is 5.57. The Kier molecular flexibility index (Phi) is 2.82. The molecule has 2 aromatic rings. The summed E-state index contributed by atoms with van der Waals surface area (Å²) in [7, 11) is 0. The molecule has 1 heterocycles. The Morgan fingerprint density at radius 3 is 2.53 bits per heavy atom. The van der Waals surface area contributed by atoms with E-state index in [1.165, 1.54) is 12.4 Å². The second-order valence-electron chi connectivity index (χ2n) is 3.18. The Hall–Kier alpha value is -2.31. The molecule has 7 heteroatoms. The summed E-state index contributed by atoms with van der Waals surface area (Å²) in [6, 6.07) is 1.86. The quantitative estimate of drug-likeness (QED) is 0.790. The van der Waals surface area contributed by atoms with Crippen LogP contribution in [0, 0.1) is 17.5 Å². The van der Waals surface area contributed by atoms with E-state index < -0.39 is 17.5 Å². The van der Waals surface area contributed by atoms with Crippen molar-refractivity contribution in [2.45, 2.75) is 0 Å². The van der Waals surface area contributed by atoms with Crippen LogP contribution in [0.25, 0.3) is 0 Å². The minimum atomic E-state index is -1.55. The lowest BCUT2D eigenvalue weighted by molar-refractivity contribution is 0.449. The van der Waals surface area contributed by atoms with Gasteiger partial charge in [-0.2, -0.15) is 0 Å². The van der Waals surface area contributed by atoms with Crippen LogP contribution in [0.3, 0.4) is 0 Å². The van der Waals surface area contributed by atoms with Gasteiger partial charge in [-0.3, -0.25) is 4.98 Å². The predicted octanol–water partition coefficient (Wildman–Crippen LogP) is 2.22. The van der Waals surface area contributed by atoms with Gasteiger partial charge in [0.1, 0.15) is 5.82 Å². The lowest BCUT2D eigenvalue weighted by Crippen LogP contribution is -2.02. The van der Waals surface area contributed by atoms with Gasteiger partial charge >= 0.3 is 0 Å². The van der Waals surface area contributed by atoms with Crippen molar-refractivity contribution in [1.29, 1.82) is 0 Å². The van der Waals surface area contributed by atoms with Crippen LogP contribution in [-0.4, -0.2) is 9.97 Å². The van der Waals surface area contributed by atoms with Gasteiger partial charge in [-0.15, -0.1) is 0 Å². The highest BCUT2D eigenvalue weighted by Gasteiger charge is 2.13. The van der Waals surface area contributed by atoms with Crippen LogP contribution >= 0.6 is 0 Å². The minimum Gasteiger partial charge on any atom is -0.382 e. The van der Waals surface area contributed by atoms with E-state index in [9.17, 15) is 13.2 Å². The molecule has 0 aliphatic rings. The lowest BCUT2D eigenvalue weighted by Gasteiger charge is -2.07. The number of hydrogen-bond donors (Lipinski definition) is 2. The maximum atomic E-state index is 13.3. The zero-order valence-electron chi connectivity index (χ0n) is 8.42. The summed E-state index contributed by atoms with van der Waals surface area (Å²) >= 11 is 0. The van der Waals surface area contributed by atoms with Crippen molar-refractivity contribution in [2.75, 3.05) is 11.1 Å². The van der Waals surface area contributed by atoms with Gasteiger partial charge in [0.2, 0.25) is 0 Å². The average Bonchev–Trinajstić information content (AvgIpc) is 2.30. The number of nitrogen functional groups attached to an aromatic ring is 1. The molecule has 0 spiro atoms. The third kappa shape index (κ3) is 2.27. The Bertz CT molecular complexity index is 559. The fourth-order valence-electron chi connectivity index (χ4n) is 1.20. The van der Waals surface area contributed by atoms with E-state index in [-0.39, 0.29) is 17.3 Å². The first-order valence-electron chi connectivity index (χ1n) is 4.56. The minimum absolute atomic E-state index is 0.123. The largest absolute Gasteiger partial charge is 0.382 e. The molecule has 0 saturated heterocycles. The van der Waals surface area contributed by atoms with E-state index in [2.05, 4.69) is 15.3 Å². The second kappa shape index (κ2) is 4.28. The third-order valence-corrected chi connectivity index (χ3v) is 1.95. The number of rotatable bonds is 2. The maximum absolute atomic E-state index is 13.3. The molecule has 1 aromatic carbocycles. The first-order chi connectivity index (χ1) is 8.08. The Balaban J connectivity index is 2.34. The van der Waals surface area contributed by atoms with E-state index >= 15 is 0 Å². The Morgan fingerprint density at radius 2 is 1.82 bits per heavy atom. The smallest absolute Gasteiger partial charge is 0.196 e. The predicted molar refractivity (Wildman–Crippen MR) is 56.0 cm³/mol. The molecule has 0 unspecified atom stereocenters. The van der Waals surface area contributed by atoms with Crippen LogP contribution in [0.5, 0.6) is 0 Å². The normalized spacial score (nSPS) is 10.3.